The van der Waals surface area contributed by atoms with Crippen molar-refractivity contribution in [2.24, 2.45) is 11.8 Å². The minimum Gasteiger partial charge on any atom is -0.463 e. The van der Waals surface area contributed by atoms with Crippen molar-refractivity contribution in [3.05, 3.63) is 48.0 Å². The zero-order valence-corrected chi connectivity index (χ0v) is 19.4. The van der Waals surface area contributed by atoms with E-state index in [9.17, 15) is 19.5 Å². The van der Waals surface area contributed by atoms with E-state index < -0.39 is 5.92 Å². The number of fused-ring (bicyclic) bond motifs is 1. The fraction of sp³-hybridized carbons (Fsp3) is 0.577. The van der Waals surface area contributed by atoms with Crippen LogP contribution in [0.25, 0.3) is 0 Å². The predicted octanol–water partition coefficient (Wildman–Crippen LogP) is 2.62. The summed E-state index contributed by atoms with van der Waals surface area (Å²) in [6.07, 6.45) is 8.16. The van der Waals surface area contributed by atoms with Crippen molar-refractivity contribution >= 4 is 17.8 Å². The van der Waals surface area contributed by atoms with Crippen molar-refractivity contribution in [1.29, 1.82) is 0 Å². The van der Waals surface area contributed by atoms with Gasteiger partial charge < -0.3 is 20.1 Å². The van der Waals surface area contributed by atoms with Crippen LogP contribution >= 0.6 is 0 Å². The van der Waals surface area contributed by atoms with Gasteiger partial charge in [0.2, 0.25) is 11.8 Å². The molecule has 4 atom stereocenters. The molecule has 0 saturated carbocycles. The summed E-state index contributed by atoms with van der Waals surface area (Å²) in [5.41, 5.74) is 1.11. The second-order valence-corrected chi connectivity index (χ2v) is 9.18. The highest BCUT2D eigenvalue weighted by molar-refractivity contribution is 5.86. The van der Waals surface area contributed by atoms with Crippen LogP contribution in [0.3, 0.4) is 0 Å². The van der Waals surface area contributed by atoms with E-state index in [2.05, 4.69) is 5.32 Å². The molecule has 2 heterocycles. The molecule has 2 aliphatic heterocycles. The molecule has 1 fully saturated rings. The van der Waals surface area contributed by atoms with Crippen molar-refractivity contribution in [2.75, 3.05) is 19.8 Å². The summed E-state index contributed by atoms with van der Waals surface area (Å²) in [5.74, 6) is -1.21. The Labute approximate surface area is 196 Å². The van der Waals surface area contributed by atoms with Crippen molar-refractivity contribution in [1.82, 2.24) is 10.2 Å². The topological polar surface area (TPSA) is 95.9 Å². The van der Waals surface area contributed by atoms with E-state index >= 15 is 0 Å². The van der Waals surface area contributed by atoms with E-state index in [1.807, 2.05) is 42.5 Å². The van der Waals surface area contributed by atoms with Crippen LogP contribution in [-0.2, 0) is 25.5 Å². The van der Waals surface area contributed by atoms with Gasteiger partial charge in [0.15, 0.2) is 0 Å². The van der Waals surface area contributed by atoms with E-state index in [0.717, 1.165) is 18.4 Å². The van der Waals surface area contributed by atoms with Crippen LogP contribution < -0.4 is 5.32 Å². The number of benzene rings is 1. The monoisotopic (exact) mass is 456 g/mol. The quantitative estimate of drug-likeness (QED) is 0.507. The number of carbonyl (C=O) groups excluding carboxylic acids is 3. The molecule has 2 amide bonds. The van der Waals surface area contributed by atoms with Crippen LogP contribution in [0.5, 0.6) is 0 Å². The zero-order valence-electron chi connectivity index (χ0n) is 19.4. The molecule has 1 saturated heterocycles. The van der Waals surface area contributed by atoms with Gasteiger partial charge in [-0.25, -0.2) is 0 Å². The molecule has 3 rings (SSSR count). The summed E-state index contributed by atoms with van der Waals surface area (Å²) in [5, 5.41) is 11.9. The molecule has 2 N–H and O–H groups in total. The highest BCUT2D eigenvalue weighted by Gasteiger charge is 2.35. The summed E-state index contributed by atoms with van der Waals surface area (Å²) in [6.45, 7) is 2.39. The number of carbonyl (C=O) groups is 3. The van der Waals surface area contributed by atoms with Gasteiger partial charge >= 0.3 is 5.97 Å². The molecule has 0 radical (unpaired) electrons. The second kappa shape index (κ2) is 12.5. The third kappa shape index (κ3) is 7.42. The summed E-state index contributed by atoms with van der Waals surface area (Å²) in [4.78, 5) is 40.4. The van der Waals surface area contributed by atoms with E-state index in [-0.39, 0.29) is 55.4 Å². The Bertz CT molecular complexity index is 825. The summed E-state index contributed by atoms with van der Waals surface area (Å²) in [7, 11) is 0. The van der Waals surface area contributed by atoms with Gasteiger partial charge in [-0.15, -0.1) is 0 Å². The van der Waals surface area contributed by atoms with E-state index in [1.165, 1.54) is 0 Å². The highest BCUT2D eigenvalue weighted by Crippen LogP contribution is 2.25. The highest BCUT2D eigenvalue weighted by atomic mass is 16.5. The number of ether oxygens (including phenoxy) is 1. The summed E-state index contributed by atoms with van der Waals surface area (Å²) >= 11 is 0. The van der Waals surface area contributed by atoms with Gasteiger partial charge in [0, 0.05) is 19.0 Å². The lowest BCUT2D eigenvalue weighted by molar-refractivity contribution is -0.152. The summed E-state index contributed by atoms with van der Waals surface area (Å²) < 4.78 is 5.72. The molecular weight excluding hydrogens is 420 g/mol. The van der Waals surface area contributed by atoms with E-state index in [0.29, 0.717) is 32.2 Å². The first-order chi connectivity index (χ1) is 16.0. The number of amides is 2. The zero-order chi connectivity index (χ0) is 23.6. The predicted molar refractivity (Wildman–Crippen MR) is 125 cm³/mol. The molecular formula is C26H36N2O5. The van der Waals surface area contributed by atoms with Gasteiger partial charge in [0.1, 0.15) is 6.61 Å². The van der Waals surface area contributed by atoms with Crippen LogP contribution in [0.4, 0.5) is 0 Å². The van der Waals surface area contributed by atoms with Crippen LogP contribution in [0.15, 0.2) is 42.5 Å². The number of aliphatic hydroxyl groups excluding tert-OH is 1. The number of cyclic esters (lactones) is 1. The lowest BCUT2D eigenvalue weighted by Gasteiger charge is -2.28. The van der Waals surface area contributed by atoms with Crippen molar-refractivity contribution in [2.45, 2.75) is 64.0 Å². The fourth-order valence-electron chi connectivity index (χ4n) is 4.58. The lowest BCUT2D eigenvalue weighted by atomic mass is 9.94. The molecule has 1 aromatic rings. The Balaban J connectivity index is 1.72. The number of esters is 1. The number of hydrogen-bond acceptors (Lipinski definition) is 5. The minimum absolute atomic E-state index is 0.0647. The minimum atomic E-state index is -0.468. The maximum atomic E-state index is 13.3. The Morgan fingerprint density at radius 2 is 1.97 bits per heavy atom. The number of nitrogens with one attached hydrogen (secondary N) is 1. The van der Waals surface area contributed by atoms with Crippen LogP contribution in [0, 0.1) is 11.8 Å². The Morgan fingerprint density at radius 3 is 2.73 bits per heavy atom. The Morgan fingerprint density at radius 1 is 1.18 bits per heavy atom. The first-order valence-corrected chi connectivity index (χ1v) is 12.0. The van der Waals surface area contributed by atoms with E-state index in [1.54, 1.807) is 11.8 Å². The molecule has 180 valence electrons. The maximum Gasteiger partial charge on any atom is 0.309 e. The molecule has 1 aromatic carbocycles. The molecule has 0 bridgehead atoms. The Hall–Kier alpha value is -2.67. The molecule has 33 heavy (non-hydrogen) atoms. The van der Waals surface area contributed by atoms with Gasteiger partial charge in [-0.1, -0.05) is 42.5 Å². The average Bonchev–Trinajstić information content (AvgIpc) is 3.29. The molecule has 0 aliphatic carbocycles. The van der Waals surface area contributed by atoms with Crippen LogP contribution in [0.1, 0.15) is 51.0 Å². The number of rotatable bonds is 6. The van der Waals surface area contributed by atoms with Gasteiger partial charge in [0.25, 0.3) is 0 Å². The SMILES string of the molecule is C[C@@H](CO)NC(=O)C[C@H]1CC=CCC[C@H](Cc2ccccc2)C(=O)OC[C@@H]2CCCN2C1=O. The number of nitrogens with zero attached hydrogens (tertiary/aromatic N) is 1. The molecule has 0 unspecified atom stereocenters. The maximum absolute atomic E-state index is 13.3. The molecule has 2 aliphatic rings. The van der Waals surface area contributed by atoms with Crippen molar-refractivity contribution in [3.63, 3.8) is 0 Å². The lowest BCUT2D eigenvalue weighted by Crippen LogP contribution is -2.44. The molecule has 7 heteroatoms. The van der Waals surface area contributed by atoms with Crippen LogP contribution in [-0.4, -0.2) is 59.6 Å². The second-order valence-electron chi connectivity index (χ2n) is 9.18. The standard InChI is InChI=1S/C26H36N2O5/c1-19(17-29)27-24(30)16-21-11-6-3-7-12-22(15-20-9-4-2-5-10-20)26(32)33-18-23-13-8-14-28(23)25(21)31/h2-6,9-10,19,21-23,29H,7-8,11-18H2,1H3,(H,27,30)/t19-,21+,22+,23-/m0/s1. The van der Waals surface area contributed by atoms with Crippen LogP contribution in [0.2, 0.25) is 0 Å². The van der Waals surface area contributed by atoms with Gasteiger partial charge in [-0.2, -0.15) is 0 Å². The number of allylic oxidation sites excluding steroid dienone is 2. The van der Waals surface area contributed by atoms with E-state index in [4.69, 9.17) is 4.74 Å². The van der Waals surface area contributed by atoms with Gasteiger partial charge in [0.05, 0.1) is 24.5 Å². The van der Waals surface area contributed by atoms with Gasteiger partial charge in [-0.3, -0.25) is 14.4 Å². The first-order valence-electron chi connectivity index (χ1n) is 12.0. The van der Waals surface area contributed by atoms with Crippen molar-refractivity contribution in [3.8, 4) is 0 Å². The molecule has 7 nitrogen and oxygen atoms in total. The third-order valence-corrected chi connectivity index (χ3v) is 6.47. The summed E-state index contributed by atoms with van der Waals surface area (Å²) in [6, 6.07) is 9.45. The largest absolute Gasteiger partial charge is 0.463 e. The van der Waals surface area contributed by atoms with Crippen molar-refractivity contribution < 1.29 is 24.2 Å². The number of hydrogen-bond donors (Lipinski definition) is 2. The third-order valence-electron chi connectivity index (χ3n) is 6.47. The van der Waals surface area contributed by atoms with Gasteiger partial charge in [-0.05, 0) is 51.0 Å². The molecule has 0 aromatic heterocycles. The smallest absolute Gasteiger partial charge is 0.309 e. The normalized spacial score (nSPS) is 25.3. The fourth-order valence-corrected chi connectivity index (χ4v) is 4.58. The first kappa shape index (κ1) is 25.0. The number of aliphatic hydroxyl groups is 1. The average molecular weight is 457 g/mol. The Kier molecular flexibility index (Phi) is 9.48. The molecule has 0 spiro atoms.